The molecule has 1 rings (SSSR count). The summed E-state index contributed by atoms with van der Waals surface area (Å²) < 4.78 is 5.60. The summed E-state index contributed by atoms with van der Waals surface area (Å²) >= 11 is 0. The van der Waals surface area contributed by atoms with Crippen molar-refractivity contribution >= 4 is 11.8 Å². The van der Waals surface area contributed by atoms with Crippen molar-refractivity contribution in [2.45, 2.75) is 90.1 Å². The van der Waals surface area contributed by atoms with E-state index >= 15 is 0 Å². The fourth-order valence-electron chi connectivity index (χ4n) is 2.80. The van der Waals surface area contributed by atoms with Crippen LogP contribution < -0.4 is 0 Å². The SMILES string of the molecule is CC(=O)CC(=O)OC1(C)CCCCCCCCCC1. The molecule has 0 aromatic carbocycles. The number of carbonyl (C=O) groups is 2. The van der Waals surface area contributed by atoms with Crippen LogP contribution in [-0.4, -0.2) is 17.4 Å². The van der Waals surface area contributed by atoms with Gasteiger partial charge in [-0.1, -0.05) is 38.5 Å². The van der Waals surface area contributed by atoms with Gasteiger partial charge in [-0.25, -0.2) is 0 Å². The van der Waals surface area contributed by atoms with Crippen molar-refractivity contribution < 1.29 is 14.3 Å². The number of carbonyl (C=O) groups excluding carboxylic acids is 2. The van der Waals surface area contributed by atoms with Crippen LogP contribution in [0.4, 0.5) is 0 Å². The van der Waals surface area contributed by atoms with E-state index in [4.69, 9.17) is 4.74 Å². The summed E-state index contributed by atoms with van der Waals surface area (Å²) in [5, 5.41) is 0. The maximum absolute atomic E-state index is 11.7. The van der Waals surface area contributed by atoms with E-state index in [0.717, 1.165) is 25.7 Å². The van der Waals surface area contributed by atoms with Gasteiger partial charge in [-0.2, -0.15) is 0 Å². The minimum atomic E-state index is -0.364. The van der Waals surface area contributed by atoms with E-state index in [9.17, 15) is 9.59 Å². The summed E-state index contributed by atoms with van der Waals surface area (Å²) in [5.41, 5.74) is -0.364. The maximum Gasteiger partial charge on any atom is 0.313 e. The number of esters is 1. The number of Topliss-reactive ketones (excluding diaryl/α,β-unsaturated/α-hetero) is 1. The largest absolute Gasteiger partial charge is 0.459 e. The maximum atomic E-state index is 11.7. The molecule has 0 atom stereocenters. The molecule has 0 unspecified atom stereocenters. The first-order valence-electron chi connectivity index (χ1n) is 7.73. The molecule has 1 fully saturated rings. The number of ether oxygens (including phenoxy) is 1. The van der Waals surface area contributed by atoms with Gasteiger partial charge in [-0.3, -0.25) is 9.59 Å². The molecule has 0 amide bonds. The zero-order valence-electron chi connectivity index (χ0n) is 12.5. The first-order chi connectivity index (χ1) is 9.02. The van der Waals surface area contributed by atoms with Gasteiger partial charge in [0.25, 0.3) is 0 Å². The van der Waals surface area contributed by atoms with Crippen molar-refractivity contribution in [2.24, 2.45) is 0 Å². The highest BCUT2D eigenvalue weighted by Gasteiger charge is 2.28. The quantitative estimate of drug-likeness (QED) is 0.569. The molecule has 0 heterocycles. The second kappa shape index (κ2) is 8.34. The summed E-state index contributed by atoms with van der Waals surface area (Å²) in [6, 6.07) is 0. The Morgan fingerprint density at radius 2 is 1.32 bits per heavy atom. The predicted octanol–water partition coefficient (Wildman–Crippen LogP) is 4.18. The van der Waals surface area contributed by atoms with E-state index < -0.39 is 0 Å². The molecule has 0 radical (unpaired) electrons. The lowest BCUT2D eigenvalue weighted by atomic mass is 9.92. The molecule has 0 spiro atoms. The minimum Gasteiger partial charge on any atom is -0.459 e. The van der Waals surface area contributed by atoms with Crippen molar-refractivity contribution in [3.63, 3.8) is 0 Å². The zero-order chi connectivity index (χ0) is 14.1. The highest BCUT2D eigenvalue weighted by atomic mass is 16.6. The van der Waals surface area contributed by atoms with Gasteiger partial charge in [0.2, 0.25) is 0 Å². The van der Waals surface area contributed by atoms with E-state index in [1.165, 1.54) is 45.4 Å². The van der Waals surface area contributed by atoms with Gasteiger partial charge in [-0.05, 0) is 39.5 Å². The zero-order valence-corrected chi connectivity index (χ0v) is 12.5. The van der Waals surface area contributed by atoms with E-state index in [-0.39, 0.29) is 23.8 Å². The van der Waals surface area contributed by atoms with Crippen molar-refractivity contribution in [1.82, 2.24) is 0 Å². The summed E-state index contributed by atoms with van der Waals surface area (Å²) in [4.78, 5) is 22.7. The number of ketones is 1. The Morgan fingerprint density at radius 1 is 0.895 bits per heavy atom. The predicted molar refractivity (Wildman–Crippen MR) is 76.0 cm³/mol. The third-order valence-electron chi connectivity index (χ3n) is 3.91. The van der Waals surface area contributed by atoms with Crippen LogP contribution in [0, 0.1) is 0 Å². The molecular formula is C16H28O3. The Kier molecular flexibility index (Phi) is 7.11. The molecule has 1 aliphatic carbocycles. The molecule has 1 saturated carbocycles. The lowest BCUT2D eigenvalue weighted by Crippen LogP contribution is -2.32. The van der Waals surface area contributed by atoms with E-state index in [1.54, 1.807) is 0 Å². The fraction of sp³-hybridized carbons (Fsp3) is 0.875. The van der Waals surface area contributed by atoms with Crippen LogP contribution >= 0.6 is 0 Å². The Labute approximate surface area is 117 Å². The molecule has 0 saturated heterocycles. The third-order valence-corrected chi connectivity index (χ3v) is 3.91. The second-order valence-corrected chi connectivity index (χ2v) is 6.13. The van der Waals surface area contributed by atoms with Crippen LogP contribution in [0.15, 0.2) is 0 Å². The molecule has 0 aliphatic heterocycles. The number of rotatable bonds is 3. The molecule has 0 bridgehead atoms. The van der Waals surface area contributed by atoms with Gasteiger partial charge >= 0.3 is 5.97 Å². The lowest BCUT2D eigenvalue weighted by molar-refractivity contribution is -0.160. The van der Waals surface area contributed by atoms with E-state index in [2.05, 4.69) is 0 Å². The van der Waals surface area contributed by atoms with Crippen LogP contribution in [0.25, 0.3) is 0 Å². The normalized spacial score (nSPS) is 21.2. The van der Waals surface area contributed by atoms with Crippen molar-refractivity contribution in [1.29, 1.82) is 0 Å². The highest BCUT2D eigenvalue weighted by Crippen LogP contribution is 2.28. The smallest absolute Gasteiger partial charge is 0.313 e. The Bertz CT molecular complexity index is 284. The monoisotopic (exact) mass is 268 g/mol. The molecule has 3 heteroatoms. The summed E-state index contributed by atoms with van der Waals surface area (Å²) in [7, 11) is 0. The summed E-state index contributed by atoms with van der Waals surface area (Å²) in [6.07, 6.45) is 11.7. The number of hydrogen-bond donors (Lipinski definition) is 0. The number of hydrogen-bond acceptors (Lipinski definition) is 3. The summed E-state index contributed by atoms with van der Waals surface area (Å²) in [6.45, 7) is 3.46. The van der Waals surface area contributed by atoms with Crippen LogP contribution in [0.3, 0.4) is 0 Å². The molecule has 19 heavy (non-hydrogen) atoms. The van der Waals surface area contributed by atoms with Gasteiger partial charge in [0.1, 0.15) is 17.8 Å². The first-order valence-corrected chi connectivity index (χ1v) is 7.73. The van der Waals surface area contributed by atoms with Crippen LogP contribution in [-0.2, 0) is 14.3 Å². The minimum absolute atomic E-state index is 0.0877. The second-order valence-electron chi connectivity index (χ2n) is 6.13. The van der Waals surface area contributed by atoms with Crippen molar-refractivity contribution in [2.75, 3.05) is 0 Å². The topological polar surface area (TPSA) is 43.4 Å². The van der Waals surface area contributed by atoms with Crippen LogP contribution in [0.2, 0.25) is 0 Å². The van der Waals surface area contributed by atoms with Gasteiger partial charge < -0.3 is 4.74 Å². The average Bonchev–Trinajstić information content (AvgIpc) is 2.33. The van der Waals surface area contributed by atoms with Crippen LogP contribution in [0.1, 0.15) is 84.5 Å². The van der Waals surface area contributed by atoms with Crippen molar-refractivity contribution in [3.05, 3.63) is 0 Å². The molecule has 1 aliphatic rings. The summed E-state index contributed by atoms with van der Waals surface area (Å²) in [5.74, 6) is -0.477. The Balaban J connectivity index is 2.51. The molecule has 3 nitrogen and oxygen atoms in total. The average molecular weight is 268 g/mol. The van der Waals surface area contributed by atoms with Gasteiger partial charge in [-0.15, -0.1) is 0 Å². The molecule has 0 aromatic heterocycles. The van der Waals surface area contributed by atoms with E-state index in [0.29, 0.717) is 0 Å². The first kappa shape index (κ1) is 16.2. The van der Waals surface area contributed by atoms with Gasteiger partial charge in [0.05, 0.1) is 0 Å². The third kappa shape index (κ3) is 7.34. The molecule has 110 valence electrons. The molecular weight excluding hydrogens is 240 g/mol. The molecule has 0 aromatic rings. The lowest BCUT2D eigenvalue weighted by Gasteiger charge is -2.29. The fourth-order valence-corrected chi connectivity index (χ4v) is 2.80. The van der Waals surface area contributed by atoms with Gasteiger partial charge in [0, 0.05) is 0 Å². The standard InChI is InChI=1S/C16H28O3/c1-14(17)13-15(18)19-16(2)11-9-7-5-3-4-6-8-10-12-16/h3-13H2,1-2H3. The van der Waals surface area contributed by atoms with Crippen LogP contribution in [0.5, 0.6) is 0 Å². The van der Waals surface area contributed by atoms with Gasteiger partial charge in [0.15, 0.2) is 0 Å². The Hall–Kier alpha value is -0.860. The highest BCUT2D eigenvalue weighted by molar-refractivity contribution is 5.94. The van der Waals surface area contributed by atoms with E-state index in [1.807, 2.05) is 6.92 Å². The Morgan fingerprint density at radius 3 is 1.74 bits per heavy atom. The van der Waals surface area contributed by atoms with Crippen molar-refractivity contribution in [3.8, 4) is 0 Å². The molecule has 0 N–H and O–H groups in total.